The molecule has 0 bridgehead atoms. The predicted molar refractivity (Wildman–Crippen MR) is 132 cm³/mol. The first-order valence-corrected chi connectivity index (χ1v) is 11.0. The van der Waals surface area contributed by atoms with Gasteiger partial charge in [-0.15, -0.1) is 6.58 Å². The van der Waals surface area contributed by atoms with E-state index >= 15 is 0 Å². The third kappa shape index (κ3) is 5.41. The van der Waals surface area contributed by atoms with Crippen molar-refractivity contribution in [2.24, 2.45) is 0 Å². The van der Waals surface area contributed by atoms with E-state index in [-0.39, 0.29) is 12.3 Å². The summed E-state index contributed by atoms with van der Waals surface area (Å²) < 4.78 is 11.4. The molecule has 0 aliphatic carbocycles. The number of amides is 1. The molecule has 0 atom stereocenters. The van der Waals surface area contributed by atoms with E-state index in [9.17, 15) is 4.79 Å². The molecule has 3 aromatic carbocycles. The van der Waals surface area contributed by atoms with Gasteiger partial charge in [0.25, 0.3) is 0 Å². The van der Waals surface area contributed by atoms with E-state index in [4.69, 9.17) is 9.47 Å². The minimum Gasteiger partial charge on any atom is -0.490 e. The van der Waals surface area contributed by atoms with Crippen LogP contribution in [0.25, 0.3) is 22.0 Å². The molecule has 4 aromatic rings. The van der Waals surface area contributed by atoms with Gasteiger partial charge in [-0.1, -0.05) is 48.5 Å². The second kappa shape index (κ2) is 10.5. The standard InChI is InChI=1S/C24H21N3O3.C3H6/c28-23(14-16-7-10-21-22(13-16)30-12-4-11-29-21)25-24-19-9-8-18(15-20(19)26-27-24)17-5-2-1-3-6-17;1-3-2/h1-3,5-10,13,15H,4,11-12,14H2,(H2,25,26,27,28);3H,1H2,2H3. The first-order valence-electron chi connectivity index (χ1n) is 11.0. The molecule has 0 saturated carbocycles. The van der Waals surface area contributed by atoms with Crippen LogP contribution in [0.4, 0.5) is 5.82 Å². The van der Waals surface area contributed by atoms with Crippen molar-refractivity contribution in [3.05, 3.63) is 84.9 Å². The summed E-state index contributed by atoms with van der Waals surface area (Å²) in [7, 11) is 0. The fourth-order valence-corrected chi connectivity index (χ4v) is 3.60. The van der Waals surface area contributed by atoms with Crippen LogP contribution in [0.1, 0.15) is 18.9 Å². The van der Waals surface area contributed by atoms with Crippen molar-refractivity contribution in [1.29, 1.82) is 0 Å². The molecule has 1 aromatic heterocycles. The van der Waals surface area contributed by atoms with Crippen LogP contribution in [0.5, 0.6) is 11.5 Å². The minimum absolute atomic E-state index is 0.134. The number of carbonyl (C=O) groups is 1. The van der Waals surface area contributed by atoms with E-state index < -0.39 is 0 Å². The van der Waals surface area contributed by atoms with Gasteiger partial charge in [0.2, 0.25) is 5.91 Å². The van der Waals surface area contributed by atoms with Crippen LogP contribution in [0, 0.1) is 0 Å². The summed E-state index contributed by atoms with van der Waals surface area (Å²) in [6.07, 6.45) is 2.83. The van der Waals surface area contributed by atoms with Crippen LogP contribution in [0.3, 0.4) is 0 Å². The van der Waals surface area contributed by atoms with Gasteiger partial charge < -0.3 is 14.8 Å². The largest absolute Gasteiger partial charge is 0.490 e. The number of ether oxygens (including phenoxy) is 2. The van der Waals surface area contributed by atoms with Gasteiger partial charge in [0, 0.05) is 11.8 Å². The molecular formula is C27H27N3O3. The fraction of sp³-hybridized carbons (Fsp3) is 0.185. The minimum atomic E-state index is -0.134. The SMILES string of the molecule is C=CC.O=C(Cc1ccc2c(c1)OCCCO2)Nc1n[nH]c2cc(-c3ccccc3)ccc12. The lowest BCUT2D eigenvalue weighted by atomic mass is 10.0. The van der Waals surface area contributed by atoms with Gasteiger partial charge in [0.05, 0.1) is 25.2 Å². The lowest BCUT2D eigenvalue weighted by Gasteiger charge is -2.09. The molecular weight excluding hydrogens is 414 g/mol. The van der Waals surface area contributed by atoms with Crippen molar-refractivity contribution in [2.45, 2.75) is 19.8 Å². The Labute approximate surface area is 193 Å². The summed E-state index contributed by atoms with van der Waals surface area (Å²) in [5.74, 6) is 1.81. The van der Waals surface area contributed by atoms with Gasteiger partial charge in [-0.3, -0.25) is 9.89 Å². The monoisotopic (exact) mass is 441 g/mol. The van der Waals surface area contributed by atoms with Crippen molar-refractivity contribution in [3.63, 3.8) is 0 Å². The highest BCUT2D eigenvalue weighted by molar-refractivity contribution is 6.01. The van der Waals surface area contributed by atoms with Crippen LogP contribution in [-0.4, -0.2) is 29.3 Å². The van der Waals surface area contributed by atoms with Gasteiger partial charge in [0.1, 0.15) is 0 Å². The maximum absolute atomic E-state index is 12.6. The number of fused-ring (bicyclic) bond motifs is 2. The number of aromatic amines is 1. The van der Waals surface area contributed by atoms with Gasteiger partial charge in [-0.05, 0) is 47.9 Å². The van der Waals surface area contributed by atoms with E-state index in [0.29, 0.717) is 24.8 Å². The topological polar surface area (TPSA) is 76.2 Å². The maximum Gasteiger partial charge on any atom is 0.230 e. The Morgan fingerprint density at radius 3 is 2.58 bits per heavy atom. The Kier molecular flexibility index (Phi) is 7.05. The highest BCUT2D eigenvalue weighted by Gasteiger charge is 2.14. The summed E-state index contributed by atoms with van der Waals surface area (Å²) in [6.45, 7) is 6.51. The van der Waals surface area contributed by atoms with Gasteiger partial charge in [0.15, 0.2) is 17.3 Å². The molecule has 0 fully saturated rings. The number of nitrogens with one attached hydrogen (secondary N) is 2. The highest BCUT2D eigenvalue weighted by atomic mass is 16.5. The lowest BCUT2D eigenvalue weighted by Crippen LogP contribution is -2.15. The summed E-state index contributed by atoms with van der Waals surface area (Å²) >= 11 is 0. The molecule has 2 N–H and O–H groups in total. The van der Waals surface area contributed by atoms with E-state index in [1.165, 1.54) is 0 Å². The molecule has 0 unspecified atom stereocenters. The van der Waals surface area contributed by atoms with Gasteiger partial charge >= 0.3 is 0 Å². The molecule has 0 saturated heterocycles. The molecule has 6 nitrogen and oxygen atoms in total. The normalized spacial score (nSPS) is 12.3. The summed E-state index contributed by atoms with van der Waals surface area (Å²) in [5, 5.41) is 11.1. The Bertz CT molecular complexity index is 1250. The molecule has 1 aliphatic heterocycles. The van der Waals surface area contributed by atoms with Crippen LogP contribution in [0.2, 0.25) is 0 Å². The predicted octanol–water partition coefficient (Wildman–Crippen LogP) is 5.76. The summed E-state index contributed by atoms with van der Waals surface area (Å²) in [6, 6.07) is 21.8. The van der Waals surface area contributed by atoms with E-state index in [0.717, 1.165) is 39.8 Å². The molecule has 0 spiro atoms. The average molecular weight is 442 g/mol. The molecule has 6 heteroatoms. The average Bonchev–Trinajstić information content (AvgIpc) is 3.07. The Hall–Kier alpha value is -4.06. The molecule has 1 aliphatic rings. The number of carbonyl (C=O) groups excluding carboxylic acids is 1. The Morgan fingerprint density at radius 2 is 1.79 bits per heavy atom. The summed E-state index contributed by atoms with van der Waals surface area (Å²) in [5.41, 5.74) is 3.97. The number of aromatic nitrogens is 2. The fourth-order valence-electron chi connectivity index (χ4n) is 3.60. The Morgan fingerprint density at radius 1 is 1.03 bits per heavy atom. The zero-order valence-electron chi connectivity index (χ0n) is 18.6. The molecule has 5 rings (SSSR count). The van der Waals surface area contributed by atoms with Gasteiger partial charge in [-0.25, -0.2) is 0 Å². The van der Waals surface area contributed by atoms with Crippen molar-refractivity contribution in [1.82, 2.24) is 10.2 Å². The number of H-pyrrole nitrogens is 1. The third-order valence-corrected chi connectivity index (χ3v) is 5.10. The van der Waals surface area contributed by atoms with Crippen LogP contribution in [0.15, 0.2) is 79.4 Å². The van der Waals surface area contributed by atoms with Crippen molar-refractivity contribution >= 4 is 22.6 Å². The zero-order chi connectivity index (χ0) is 23.0. The number of anilines is 1. The first kappa shape index (κ1) is 22.1. The van der Waals surface area contributed by atoms with Crippen LogP contribution < -0.4 is 14.8 Å². The smallest absolute Gasteiger partial charge is 0.230 e. The number of benzene rings is 3. The van der Waals surface area contributed by atoms with Crippen LogP contribution >= 0.6 is 0 Å². The molecule has 2 heterocycles. The van der Waals surface area contributed by atoms with Crippen molar-refractivity contribution in [3.8, 4) is 22.6 Å². The number of hydrogen-bond donors (Lipinski definition) is 2. The molecule has 33 heavy (non-hydrogen) atoms. The summed E-state index contributed by atoms with van der Waals surface area (Å²) in [4.78, 5) is 12.6. The number of allylic oxidation sites excluding steroid dienone is 1. The van der Waals surface area contributed by atoms with Crippen molar-refractivity contribution < 1.29 is 14.3 Å². The maximum atomic E-state index is 12.6. The third-order valence-electron chi connectivity index (χ3n) is 5.10. The lowest BCUT2D eigenvalue weighted by molar-refractivity contribution is -0.115. The number of rotatable bonds is 4. The Balaban J connectivity index is 0.000000821. The quantitative estimate of drug-likeness (QED) is 0.395. The van der Waals surface area contributed by atoms with E-state index in [2.05, 4.69) is 34.2 Å². The first-order chi connectivity index (χ1) is 16.2. The van der Waals surface area contributed by atoms with Gasteiger partial charge in [-0.2, -0.15) is 5.10 Å². The van der Waals surface area contributed by atoms with Crippen LogP contribution in [-0.2, 0) is 11.2 Å². The second-order valence-electron chi connectivity index (χ2n) is 7.66. The number of hydrogen-bond acceptors (Lipinski definition) is 4. The van der Waals surface area contributed by atoms with E-state index in [1.54, 1.807) is 6.08 Å². The second-order valence-corrected chi connectivity index (χ2v) is 7.66. The molecule has 0 radical (unpaired) electrons. The number of nitrogens with zero attached hydrogens (tertiary/aromatic N) is 1. The molecule has 168 valence electrons. The molecule has 1 amide bonds. The highest BCUT2D eigenvalue weighted by Crippen LogP contribution is 2.31. The zero-order valence-corrected chi connectivity index (χ0v) is 18.6. The van der Waals surface area contributed by atoms with Crippen molar-refractivity contribution in [2.75, 3.05) is 18.5 Å². The van der Waals surface area contributed by atoms with E-state index in [1.807, 2.05) is 61.5 Å².